The van der Waals surface area contributed by atoms with Crippen molar-refractivity contribution in [3.63, 3.8) is 0 Å². The molecule has 8 nitrogen and oxygen atoms in total. The van der Waals surface area contributed by atoms with Gasteiger partial charge >= 0.3 is 6.09 Å². The molecule has 0 spiro atoms. The number of benzene rings is 1. The van der Waals surface area contributed by atoms with Crippen LogP contribution in [0.4, 0.5) is 4.79 Å². The third-order valence-corrected chi connectivity index (χ3v) is 9.24. The monoisotopic (exact) mass is 538 g/mol. The molecule has 8 heteroatoms. The lowest BCUT2D eigenvalue weighted by Crippen LogP contribution is -2.55. The fourth-order valence-corrected chi connectivity index (χ4v) is 7.00. The number of piperidine rings is 2. The average Bonchev–Trinajstić information content (AvgIpc) is 2.93. The molecular weight excluding hydrogens is 492 g/mol. The minimum absolute atomic E-state index is 0.160. The molecule has 1 aliphatic carbocycles. The van der Waals surface area contributed by atoms with Gasteiger partial charge in [0.2, 0.25) is 11.8 Å². The standard InChI is InChI=1S/C31H46N4O4/c1-31(2,3)39-30(38)35-20-18-34(19-21-35)26-14-16-33(17-15-26)25-10-8-23(9-11-25)22-4-6-24(7-5-22)27-12-13-28(36)32-29(27)37/h4-7,23,25-27H,8-21H2,1-3H3,(H,32,36,37). The van der Waals surface area contributed by atoms with E-state index in [0.717, 1.165) is 31.7 Å². The Hall–Kier alpha value is -2.45. The first kappa shape index (κ1) is 28.1. The van der Waals surface area contributed by atoms with Crippen molar-refractivity contribution in [2.45, 2.75) is 102 Å². The Morgan fingerprint density at radius 3 is 1.92 bits per heavy atom. The number of nitrogens with one attached hydrogen (secondary N) is 1. The topological polar surface area (TPSA) is 82.2 Å². The van der Waals surface area contributed by atoms with E-state index >= 15 is 0 Å². The van der Waals surface area contributed by atoms with E-state index < -0.39 is 5.60 Å². The lowest BCUT2D eigenvalue weighted by molar-refractivity contribution is -0.134. The number of rotatable bonds is 4. The molecule has 3 heterocycles. The van der Waals surface area contributed by atoms with E-state index in [-0.39, 0.29) is 23.8 Å². The zero-order valence-corrected chi connectivity index (χ0v) is 24.0. The second-order valence-electron chi connectivity index (χ2n) is 12.9. The summed E-state index contributed by atoms with van der Waals surface area (Å²) in [5.74, 6) is 0.0680. The minimum atomic E-state index is -0.442. The van der Waals surface area contributed by atoms with Crippen molar-refractivity contribution >= 4 is 17.9 Å². The maximum Gasteiger partial charge on any atom is 0.410 e. The van der Waals surface area contributed by atoms with Gasteiger partial charge in [-0.2, -0.15) is 0 Å². The van der Waals surface area contributed by atoms with E-state index in [1.54, 1.807) is 0 Å². The Kier molecular flexibility index (Phi) is 8.62. The Morgan fingerprint density at radius 2 is 1.33 bits per heavy atom. The molecule has 5 rings (SSSR count). The summed E-state index contributed by atoms with van der Waals surface area (Å²) in [6.45, 7) is 11.5. The molecule has 0 bridgehead atoms. The summed E-state index contributed by atoms with van der Waals surface area (Å²) >= 11 is 0. The van der Waals surface area contributed by atoms with Gasteiger partial charge in [0.1, 0.15) is 5.60 Å². The van der Waals surface area contributed by atoms with Crippen LogP contribution >= 0.6 is 0 Å². The van der Waals surface area contributed by atoms with Crippen LogP contribution < -0.4 is 5.32 Å². The zero-order valence-electron chi connectivity index (χ0n) is 24.0. The molecule has 39 heavy (non-hydrogen) atoms. The normalized spacial score (nSPS) is 28.3. The third-order valence-electron chi connectivity index (χ3n) is 9.24. The maximum atomic E-state index is 12.4. The summed E-state index contributed by atoms with van der Waals surface area (Å²) in [7, 11) is 0. The predicted octanol–water partition coefficient (Wildman–Crippen LogP) is 4.25. The lowest BCUT2D eigenvalue weighted by atomic mass is 9.80. The van der Waals surface area contributed by atoms with Crippen molar-refractivity contribution in [3.8, 4) is 0 Å². The molecule has 214 valence electrons. The molecule has 0 aromatic heterocycles. The van der Waals surface area contributed by atoms with Crippen molar-refractivity contribution in [3.05, 3.63) is 35.4 Å². The molecule has 1 saturated carbocycles. The average molecular weight is 539 g/mol. The third kappa shape index (κ3) is 7.01. The first-order chi connectivity index (χ1) is 18.7. The second kappa shape index (κ2) is 12.0. The Balaban J connectivity index is 1.03. The fraction of sp³-hybridized carbons (Fsp3) is 0.710. The number of likely N-dealkylation sites (tertiary alicyclic amines) is 1. The molecule has 1 aromatic carbocycles. The molecule has 3 aliphatic heterocycles. The van der Waals surface area contributed by atoms with Crippen molar-refractivity contribution in [1.29, 1.82) is 0 Å². The van der Waals surface area contributed by atoms with Gasteiger partial charge in [-0.15, -0.1) is 0 Å². The number of nitrogens with zero attached hydrogens (tertiary/aromatic N) is 3. The molecule has 3 amide bonds. The number of piperazine rings is 1. The van der Waals surface area contributed by atoms with Gasteiger partial charge in [-0.3, -0.25) is 19.8 Å². The highest BCUT2D eigenvalue weighted by molar-refractivity contribution is 6.00. The summed E-state index contributed by atoms with van der Waals surface area (Å²) in [6, 6.07) is 9.92. The lowest BCUT2D eigenvalue weighted by Gasteiger charge is -2.45. The molecule has 4 fully saturated rings. The predicted molar refractivity (Wildman–Crippen MR) is 151 cm³/mol. The summed E-state index contributed by atoms with van der Waals surface area (Å²) in [4.78, 5) is 43.2. The van der Waals surface area contributed by atoms with Gasteiger partial charge in [0.25, 0.3) is 0 Å². The molecule has 3 saturated heterocycles. The first-order valence-corrected chi connectivity index (χ1v) is 15.1. The summed E-state index contributed by atoms with van der Waals surface area (Å²) in [5, 5.41) is 2.47. The van der Waals surface area contributed by atoms with E-state index in [1.807, 2.05) is 25.7 Å². The molecule has 4 aliphatic rings. The Bertz CT molecular complexity index is 1010. The number of hydrogen-bond acceptors (Lipinski definition) is 6. The number of imide groups is 1. The molecular formula is C31H46N4O4. The van der Waals surface area contributed by atoms with Gasteiger partial charge in [0.05, 0.1) is 5.92 Å². The highest BCUT2D eigenvalue weighted by Crippen LogP contribution is 2.37. The van der Waals surface area contributed by atoms with Crippen LogP contribution in [0.5, 0.6) is 0 Å². The highest BCUT2D eigenvalue weighted by Gasteiger charge is 2.34. The van der Waals surface area contributed by atoms with Crippen LogP contribution in [0.25, 0.3) is 0 Å². The fourth-order valence-electron chi connectivity index (χ4n) is 7.00. The number of ether oxygens (including phenoxy) is 1. The van der Waals surface area contributed by atoms with Crippen LogP contribution in [-0.2, 0) is 14.3 Å². The van der Waals surface area contributed by atoms with E-state index in [4.69, 9.17) is 4.74 Å². The van der Waals surface area contributed by atoms with E-state index in [2.05, 4.69) is 39.4 Å². The molecule has 1 aromatic rings. The first-order valence-electron chi connectivity index (χ1n) is 15.1. The van der Waals surface area contributed by atoms with Crippen LogP contribution in [0.1, 0.15) is 95.1 Å². The van der Waals surface area contributed by atoms with Crippen molar-refractivity contribution < 1.29 is 19.1 Å². The zero-order chi connectivity index (χ0) is 27.6. The number of carbonyl (C=O) groups excluding carboxylic acids is 3. The molecule has 1 unspecified atom stereocenters. The van der Waals surface area contributed by atoms with Crippen molar-refractivity contribution in [2.24, 2.45) is 0 Å². The smallest absolute Gasteiger partial charge is 0.410 e. The quantitative estimate of drug-likeness (QED) is 0.578. The minimum Gasteiger partial charge on any atom is -0.444 e. The number of hydrogen-bond donors (Lipinski definition) is 1. The second-order valence-corrected chi connectivity index (χ2v) is 12.9. The van der Waals surface area contributed by atoms with Crippen LogP contribution in [0, 0.1) is 0 Å². The van der Waals surface area contributed by atoms with Crippen molar-refractivity contribution in [1.82, 2.24) is 20.0 Å². The van der Waals surface area contributed by atoms with E-state index in [9.17, 15) is 14.4 Å². The van der Waals surface area contributed by atoms with Gasteiger partial charge in [-0.1, -0.05) is 24.3 Å². The van der Waals surface area contributed by atoms with Gasteiger partial charge in [-0.25, -0.2) is 4.79 Å². The molecule has 1 atom stereocenters. The summed E-state index contributed by atoms with van der Waals surface area (Å²) in [6.07, 6.45) is 8.21. The van der Waals surface area contributed by atoms with Crippen LogP contribution in [0.15, 0.2) is 24.3 Å². The van der Waals surface area contributed by atoms with E-state index in [1.165, 1.54) is 57.2 Å². The van der Waals surface area contributed by atoms with Gasteiger partial charge in [-0.05, 0) is 95.9 Å². The SMILES string of the molecule is CC(C)(C)OC(=O)N1CCN(C2CCN(C3CCC(c4ccc(C5CCC(=O)NC5=O)cc4)CC3)CC2)CC1. The Morgan fingerprint density at radius 1 is 0.769 bits per heavy atom. The largest absolute Gasteiger partial charge is 0.444 e. The van der Waals surface area contributed by atoms with Crippen LogP contribution in [-0.4, -0.2) is 89.6 Å². The molecule has 1 N–H and O–H groups in total. The Labute approximate surface area is 233 Å². The van der Waals surface area contributed by atoms with Gasteiger partial charge in [0, 0.05) is 44.7 Å². The van der Waals surface area contributed by atoms with Gasteiger partial charge < -0.3 is 14.5 Å². The van der Waals surface area contributed by atoms with Gasteiger partial charge in [0.15, 0.2) is 0 Å². The number of amides is 3. The molecule has 0 radical (unpaired) electrons. The summed E-state index contributed by atoms with van der Waals surface area (Å²) in [5.41, 5.74) is 1.96. The van der Waals surface area contributed by atoms with Crippen molar-refractivity contribution in [2.75, 3.05) is 39.3 Å². The summed E-state index contributed by atoms with van der Waals surface area (Å²) < 4.78 is 5.55. The highest BCUT2D eigenvalue weighted by atomic mass is 16.6. The van der Waals surface area contributed by atoms with Crippen LogP contribution in [0.2, 0.25) is 0 Å². The number of carbonyl (C=O) groups is 3. The van der Waals surface area contributed by atoms with E-state index in [0.29, 0.717) is 30.8 Å². The maximum absolute atomic E-state index is 12.4. The van der Waals surface area contributed by atoms with Crippen LogP contribution in [0.3, 0.4) is 0 Å².